The van der Waals surface area contributed by atoms with E-state index in [2.05, 4.69) is 5.32 Å². The Kier molecular flexibility index (Phi) is 9.64. The van der Waals surface area contributed by atoms with Gasteiger partial charge in [-0.2, -0.15) is 0 Å². The van der Waals surface area contributed by atoms with E-state index in [0.29, 0.717) is 13.2 Å². The Morgan fingerprint density at radius 3 is 2.33 bits per heavy atom. The first-order chi connectivity index (χ1) is 12.7. The van der Waals surface area contributed by atoms with E-state index in [-0.39, 0.29) is 13.2 Å². The molecule has 1 aromatic carbocycles. The van der Waals surface area contributed by atoms with Crippen molar-refractivity contribution in [3.05, 3.63) is 29.8 Å². The van der Waals surface area contributed by atoms with E-state index in [9.17, 15) is 9.59 Å². The Balaban J connectivity index is 2.76. The standard InChI is InChI=1S/C20H31NO6/c1-6-12-26-16-10-8-15(9-11-16)17(13-24-14-18(22)25-7-2)21-19(23)27-20(3,4)5/h8-11,17H,6-7,12-14H2,1-5H3,(H,21,23)/t17-/m1/s1. The van der Waals surface area contributed by atoms with Crippen LogP contribution in [0.5, 0.6) is 5.75 Å². The van der Waals surface area contributed by atoms with E-state index >= 15 is 0 Å². The number of carbonyl (C=O) groups is 2. The Morgan fingerprint density at radius 2 is 1.78 bits per heavy atom. The number of amides is 1. The molecule has 0 aromatic heterocycles. The summed E-state index contributed by atoms with van der Waals surface area (Å²) in [6.07, 6.45) is 0.366. The second-order valence-electron chi connectivity index (χ2n) is 6.94. The second kappa shape index (κ2) is 11.4. The van der Waals surface area contributed by atoms with Crippen LogP contribution in [0.1, 0.15) is 52.6 Å². The topological polar surface area (TPSA) is 83.1 Å². The predicted molar refractivity (Wildman–Crippen MR) is 102 cm³/mol. The van der Waals surface area contributed by atoms with Crippen LogP contribution < -0.4 is 10.1 Å². The number of nitrogens with one attached hydrogen (secondary N) is 1. The lowest BCUT2D eigenvalue weighted by molar-refractivity contribution is -0.148. The van der Waals surface area contributed by atoms with Crippen molar-refractivity contribution in [1.29, 1.82) is 0 Å². The summed E-state index contributed by atoms with van der Waals surface area (Å²) in [6.45, 7) is 9.99. The summed E-state index contributed by atoms with van der Waals surface area (Å²) >= 11 is 0. The van der Waals surface area contributed by atoms with E-state index in [4.69, 9.17) is 18.9 Å². The summed E-state index contributed by atoms with van der Waals surface area (Å²) in [5, 5.41) is 2.78. The van der Waals surface area contributed by atoms with Crippen LogP contribution in [0.4, 0.5) is 4.79 Å². The summed E-state index contributed by atoms with van der Waals surface area (Å²) in [6, 6.07) is 6.89. The lowest BCUT2D eigenvalue weighted by Crippen LogP contribution is -2.37. The van der Waals surface area contributed by atoms with Crippen LogP contribution in [0.25, 0.3) is 0 Å². The van der Waals surface area contributed by atoms with Gasteiger partial charge in [-0.15, -0.1) is 0 Å². The SMILES string of the molecule is CCCOc1ccc([C@@H](COCC(=O)OCC)NC(=O)OC(C)(C)C)cc1. The number of hydrogen-bond donors (Lipinski definition) is 1. The zero-order valence-corrected chi connectivity index (χ0v) is 16.9. The van der Waals surface area contributed by atoms with E-state index in [0.717, 1.165) is 17.7 Å². The Morgan fingerprint density at radius 1 is 1.11 bits per heavy atom. The van der Waals surface area contributed by atoms with Crippen LogP contribution in [0.3, 0.4) is 0 Å². The quantitative estimate of drug-likeness (QED) is 0.623. The molecule has 0 unspecified atom stereocenters. The van der Waals surface area contributed by atoms with Crippen molar-refractivity contribution in [2.45, 2.75) is 52.7 Å². The fourth-order valence-electron chi connectivity index (χ4n) is 2.15. The summed E-state index contributed by atoms with van der Waals surface area (Å²) in [5.74, 6) is 0.306. The summed E-state index contributed by atoms with van der Waals surface area (Å²) < 4.78 is 21.1. The van der Waals surface area contributed by atoms with Crippen LogP contribution >= 0.6 is 0 Å². The highest BCUT2D eigenvalue weighted by molar-refractivity contribution is 5.70. The van der Waals surface area contributed by atoms with Crippen LogP contribution in [0.2, 0.25) is 0 Å². The molecule has 0 spiro atoms. The van der Waals surface area contributed by atoms with Gasteiger partial charge in [0.15, 0.2) is 0 Å². The molecule has 0 saturated carbocycles. The Labute approximate surface area is 161 Å². The molecule has 0 fully saturated rings. The normalized spacial score (nSPS) is 12.2. The molecule has 1 aromatic rings. The molecule has 0 saturated heterocycles. The Hall–Kier alpha value is -2.28. The van der Waals surface area contributed by atoms with Crippen LogP contribution in [0, 0.1) is 0 Å². The monoisotopic (exact) mass is 381 g/mol. The molecule has 1 amide bonds. The van der Waals surface area contributed by atoms with E-state index < -0.39 is 23.7 Å². The molecule has 1 atom stereocenters. The number of benzene rings is 1. The van der Waals surface area contributed by atoms with Gasteiger partial charge in [-0.25, -0.2) is 9.59 Å². The molecule has 0 aliphatic heterocycles. The molecule has 1 rings (SSSR count). The van der Waals surface area contributed by atoms with Gasteiger partial charge in [-0.05, 0) is 51.8 Å². The zero-order valence-electron chi connectivity index (χ0n) is 16.9. The average Bonchev–Trinajstić information content (AvgIpc) is 2.58. The molecule has 7 nitrogen and oxygen atoms in total. The van der Waals surface area contributed by atoms with Gasteiger partial charge in [0, 0.05) is 0 Å². The van der Waals surface area contributed by atoms with Gasteiger partial charge in [0.25, 0.3) is 0 Å². The third kappa shape index (κ3) is 9.84. The fraction of sp³-hybridized carbons (Fsp3) is 0.600. The molecule has 0 bridgehead atoms. The first-order valence-electron chi connectivity index (χ1n) is 9.20. The maximum absolute atomic E-state index is 12.1. The maximum atomic E-state index is 12.1. The lowest BCUT2D eigenvalue weighted by atomic mass is 10.1. The zero-order chi connectivity index (χ0) is 20.3. The minimum Gasteiger partial charge on any atom is -0.494 e. The van der Waals surface area contributed by atoms with Gasteiger partial charge in [-0.1, -0.05) is 19.1 Å². The molecule has 27 heavy (non-hydrogen) atoms. The van der Waals surface area contributed by atoms with Crippen molar-refractivity contribution >= 4 is 12.1 Å². The molecule has 7 heteroatoms. The third-order valence-electron chi connectivity index (χ3n) is 3.26. The van der Waals surface area contributed by atoms with E-state index in [1.165, 1.54) is 0 Å². The number of carbonyl (C=O) groups excluding carboxylic acids is 2. The predicted octanol–water partition coefficient (Wildman–Crippen LogP) is 3.62. The molecular formula is C20H31NO6. The Bertz CT molecular complexity index is 579. The first kappa shape index (κ1) is 22.8. The van der Waals surface area contributed by atoms with Crippen molar-refractivity contribution < 1.29 is 28.5 Å². The number of hydrogen-bond acceptors (Lipinski definition) is 6. The second-order valence-corrected chi connectivity index (χ2v) is 6.94. The summed E-state index contributed by atoms with van der Waals surface area (Å²) in [5.41, 5.74) is 0.201. The highest BCUT2D eigenvalue weighted by Crippen LogP contribution is 2.19. The van der Waals surface area contributed by atoms with Gasteiger partial charge in [0.05, 0.1) is 25.9 Å². The lowest BCUT2D eigenvalue weighted by Gasteiger charge is -2.24. The average molecular weight is 381 g/mol. The van der Waals surface area contributed by atoms with Crippen LogP contribution in [-0.4, -0.2) is 44.1 Å². The smallest absolute Gasteiger partial charge is 0.408 e. The molecular weight excluding hydrogens is 350 g/mol. The minimum atomic E-state index is -0.613. The van der Waals surface area contributed by atoms with Crippen LogP contribution in [-0.2, 0) is 19.0 Å². The third-order valence-corrected chi connectivity index (χ3v) is 3.26. The molecule has 0 heterocycles. The summed E-state index contributed by atoms with van der Waals surface area (Å²) in [4.78, 5) is 23.6. The first-order valence-corrected chi connectivity index (χ1v) is 9.20. The van der Waals surface area contributed by atoms with Crippen molar-refractivity contribution in [3.63, 3.8) is 0 Å². The highest BCUT2D eigenvalue weighted by Gasteiger charge is 2.21. The van der Waals surface area contributed by atoms with Gasteiger partial charge in [-0.3, -0.25) is 0 Å². The minimum absolute atomic E-state index is 0.104. The largest absolute Gasteiger partial charge is 0.494 e. The fourth-order valence-corrected chi connectivity index (χ4v) is 2.15. The number of rotatable bonds is 10. The molecule has 152 valence electrons. The van der Waals surface area contributed by atoms with Gasteiger partial charge >= 0.3 is 12.1 Å². The molecule has 0 radical (unpaired) electrons. The maximum Gasteiger partial charge on any atom is 0.408 e. The number of esters is 1. The van der Waals surface area contributed by atoms with E-state index in [1.54, 1.807) is 27.7 Å². The number of ether oxygens (including phenoxy) is 4. The van der Waals surface area contributed by atoms with Crippen LogP contribution in [0.15, 0.2) is 24.3 Å². The molecule has 0 aliphatic rings. The van der Waals surface area contributed by atoms with Gasteiger partial charge in [0.1, 0.15) is 18.0 Å². The molecule has 1 N–H and O–H groups in total. The highest BCUT2D eigenvalue weighted by atomic mass is 16.6. The van der Waals surface area contributed by atoms with E-state index in [1.807, 2.05) is 31.2 Å². The van der Waals surface area contributed by atoms with Crippen molar-refractivity contribution in [3.8, 4) is 5.75 Å². The van der Waals surface area contributed by atoms with Gasteiger partial charge < -0.3 is 24.3 Å². The van der Waals surface area contributed by atoms with Crippen molar-refractivity contribution in [2.24, 2.45) is 0 Å². The number of alkyl carbamates (subject to hydrolysis) is 1. The van der Waals surface area contributed by atoms with Crippen molar-refractivity contribution in [2.75, 3.05) is 26.4 Å². The van der Waals surface area contributed by atoms with Gasteiger partial charge in [0.2, 0.25) is 0 Å². The molecule has 0 aliphatic carbocycles. The summed E-state index contributed by atoms with van der Waals surface area (Å²) in [7, 11) is 0. The van der Waals surface area contributed by atoms with Crippen molar-refractivity contribution in [1.82, 2.24) is 5.32 Å².